The van der Waals surface area contributed by atoms with Gasteiger partial charge < -0.3 is 19.5 Å². The molecular formula is C27H31FN2O5. The molecule has 2 aliphatic rings. The van der Waals surface area contributed by atoms with E-state index in [1.54, 1.807) is 36.4 Å². The molecule has 0 aliphatic carbocycles. The number of aliphatic hydroxyl groups is 1. The number of hydrogen-bond donors (Lipinski definition) is 1. The number of hydrogen-bond acceptors (Lipinski definition) is 6. The molecule has 2 aromatic carbocycles. The van der Waals surface area contributed by atoms with Gasteiger partial charge in [0.15, 0.2) is 0 Å². The second kappa shape index (κ2) is 11.0. The van der Waals surface area contributed by atoms with E-state index in [9.17, 15) is 19.1 Å². The van der Waals surface area contributed by atoms with Gasteiger partial charge in [-0.05, 0) is 43.2 Å². The predicted octanol–water partition coefficient (Wildman–Crippen LogP) is 3.68. The maximum atomic E-state index is 14.9. The van der Waals surface area contributed by atoms with Gasteiger partial charge in [-0.15, -0.1) is 0 Å². The highest BCUT2D eigenvalue weighted by Crippen LogP contribution is 2.40. The van der Waals surface area contributed by atoms with Gasteiger partial charge in [-0.1, -0.05) is 25.1 Å². The van der Waals surface area contributed by atoms with Gasteiger partial charge in [0.25, 0.3) is 11.7 Å². The molecular weight excluding hydrogens is 451 g/mol. The number of aryl methyl sites for hydroxylation is 1. The van der Waals surface area contributed by atoms with Crippen LogP contribution in [0.25, 0.3) is 5.76 Å². The van der Waals surface area contributed by atoms with Gasteiger partial charge in [0, 0.05) is 37.3 Å². The van der Waals surface area contributed by atoms with E-state index in [-0.39, 0.29) is 23.4 Å². The van der Waals surface area contributed by atoms with E-state index >= 15 is 0 Å². The Morgan fingerprint density at radius 3 is 2.57 bits per heavy atom. The summed E-state index contributed by atoms with van der Waals surface area (Å²) in [5.74, 6) is -1.74. The summed E-state index contributed by atoms with van der Waals surface area (Å²) in [6, 6.07) is 10.1. The van der Waals surface area contributed by atoms with Crippen LogP contribution in [0.5, 0.6) is 5.75 Å². The van der Waals surface area contributed by atoms with Crippen molar-refractivity contribution in [2.75, 3.05) is 46.0 Å². The number of Topliss-reactive ketones (excluding diaryl/α,β-unsaturated/α-hetero) is 1. The molecule has 2 heterocycles. The van der Waals surface area contributed by atoms with Crippen molar-refractivity contribution in [1.82, 2.24) is 9.80 Å². The van der Waals surface area contributed by atoms with E-state index in [2.05, 4.69) is 4.90 Å². The lowest BCUT2D eigenvalue weighted by Gasteiger charge is -2.31. The largest absolute Gasteiger partial charge is 0.507 e. The van der Waals surface area contributed by atoms with Gasteiger partial charge in [0.05, 0.1) is 31.4 Å². The Morgan fingerprint density at radius 2 is 1.89 bits per heavy atom. The molecule has 35 heavy (non-hydrogen) atoms. The number of likely N-dealkylation sites (tertiary alicyclic amines) is 1. The summed E-state index contributed by atoms with van der Waals surface area (Å²) >= 11 is 0. The van der Waals surface area contributed by atoms with Crippen molar-refractivity contribution < 1.29 is 28.6 Å². The maximum Gasteiger partial charge on any atom is 0.295 e. The number of carbonyl (C=O) groups excluding carboxylic acids is 2. The van der Waals surface area contributed by atoms with E-state index in [1.165, 1.54) is 11.0 Å². The fraction of sp³-hybridized carbons (Fsp3) is 0.407. The number of carbonyl (C=O) groups is 2. The molecule has 2 saturated heterocycles. The van der Waals surface area contributed by atoms with Gasteiger partial charge in [-0.25, -0.2) is 4.39 Å². The zero-order valence-electron chi connectivity index (χ0n) is 20.1. The number of benzene rings is 2. The lowest BCUT2D eigenvalue weighted by Crippen LogP contribution is -2.42. The minimum atomic E-state index is -1.02. The Hall–Kier alpha value is -3.23. The molecule has 0 saturated carbocycles. The second-order valence-corrected chi connectivity index (χ2v) is 8.80. The first kappa shape index (κ1) is 24.9. The van der Waals surface area contributed by atoms with Crippen molar-refractivity contribution in [3.05, 3.63) is 70.5 Å². The van der Waals surface area contributed by atoms with Crippen molar-refractivity contribution in [3.8, 4) is 5.75 Å². The summed E-state index contributed by atoms with van der Waals surface area (Å²) in [4.78, 5) is 29.8. The monoisotopic (exact) mass is 482 g/mol. The molecule has 0 radical (unpaired) electrons. The zero-order valence-corrected chi connectivity index (χ0v) is 20.1. The molecule has 186 valence electrons. The van der Waals surface area contributed by atoms with Gasteiger partial charge in [-0.3, -0.25) is 14.5 Å². The fourth-order valence-electron chi connectivity index (χ4n) is 4.53. The van der Waals surface area contributed by atoms with Gasteiger partial charge in [0.2, 0.25) is 0 Å². The lowest BCUT2D eigenvalue weighted by molar-refractivity contribution is -0.140. The third-order valence-corrected chi connectivity index (χ3v) is 6.41. The number of rotatable bonds is 8. The Labute approximate surface area is 204 Å². The highest BCUT2D eigenvalue weighted by molar-refractivity contribution is 6.46. The van der Waals surface area contributed by atoms with Crippen molar-refractivity contribution in [1.29, 1.82) is 0 Å². The summed E-state index contributed by atoms with van der Waals surface area (Å²) < 4.78 is 26.0. The van der Waals surface area contributed by atoms with E-state index in [0.29, 0.717) is 37.7 Å². The number of ketones is 1. The molecule has 0 unspecified atom stereocenters. The van der Waals surface area contributed by atoms with Crippen LogP contribution in [0.4, 0.5) is 4.39 Å². The molecule has 0 bridgehead atoms. The summed E-state index contributed by atoms with van der Waals surface area (Å²) in [5.41, 5.74) is 1.23. The van der Waals surface area contributed by atoms with Crippen LogP contribution in [0, 0.1) is 12.7 Å². The maximum absolute atomic E-state index is 14.9. The molecule has 0 aromatic heterocycles. The summed E-state index contributed by atoms with van der Waals surface area (Å²) in [7, 11) is 0. The molecule has 7 nitrogen and oxygen atoms in total. The van der Waals surface area contributed by atoms with Crippen LogP contribution in [0.3, 0.4) is 0 Å². The first-order valence-electron chi connectivity index (χ1n) is 12.0. The smallest absolute Gasteiger partial charge is 0.295 e. The molecule has 0 spiro atoms. The topological polar surface area (TPSA) is 79.3 Å². The van der Waals surface area contributed by atoms with Gasteiger partial charge in [-0.2, -0.15) is 0 Å². The van der Waals surface area contributed by atoms with Crippen molar-refractivity contribution in [2.24, 2.45) is 0 Å². The van der Waals surface area contributed by atoms with Crippen LogP contribution in [0.2, 0.25) is 0 Å². The van der Waals surface area contributed by atoms with E-state index in [1.807, 2.05) is 13.8 Å². The Kier molecular flexibility index (Phi) is 7.83. The SMILES string of the molecule is CCCOc1ccc(C(O)=C2C(=O)C(=O)N(CCN3CCOCC3)[C@@H]2c2ccccc2F)cc1C. The number of nitrogens with zero attached hydrogens (tertiary/aromatic N) is 2. The van der Waals surface area contributed by atoms with E-state index in [4.69, 9.17) is 9.47 Å². The molecule has 1 amide bonds. The minimum absolute atomic E-state index is 0.108. The van der Waals surface area contributed by atoms with Crippen LogP contribution < -0.4 is 4.74 Å². The first-order valence-corrected chi connectivity index (χ1v) is 12.0. The number of ether oxygens (including phenoxy) is 2. The average Bonchev–Trinajstić information content (AvgIpc) is 3.12. The molecule has 2 fully saturated rings. The Morgan fingerprint density at radius 1 is 1.14 bits per heavy atom. The first-order chi connectivity index (χ1) is 16.9. The van der Waals surface area contributed by atoms with Gasteiger partial charge >= 0.3 is 0 Å². The highest BCUT2D eigenvalue weighted by Gasteiger charge is 2.46. The van der Waals surface area contributed by atoms with E-state index < -0.39 is 23.5 Å². The summed E-state index contributed by atoms with van der Waals surface area (Å²) in [6.45, 7) is 7.81. The third kappa shape index (κ3) is 5.23. The highest BCUT2D eigenvalue weighted by atomic mass is 19.1. The molecule has 1 N–H and O–H groups in total. The molecule has 2 aromatic rings. The summed E-state index contributed by atoms with van der Waals surface area (Å²) in [6.07, 6.45) is 0.859. The van der Waals surface area contributed by atoms with Crippen LogP contribution in [0.1, 0.15) is 36.1 Å². The Bertz CT molecular complexity index is 1130. The molecule has 1 atom stereocenters. The average molecular weight is 483 g/mol. The predicted molar refractivity (Wildman–Crippen MR) is 130 cm³/mol. The van der Waals surface area contributed by atoms with Crippen molar-refractivity contribution >= 4 is 17.4 Å². The molecule has 4 rings (SSSR count). The number of morpholine rings is 1. The summed E-state index contributed by atoms with van der Waals surface area (Å²) in [5, 5.41) is 11.2. The lowest BCUT2D eigenvalue weighted by atomic mass is 9.94. The van der Waals surface area contributed by atoms with Crippen molar-refractivity contribution in [3.63, 3.8) is 0 Å². The van der Waals surface area contributed by atoms with Crippen LogP contribution in [-0.4, -0.2) is 72.6 Å². The van der Waals surface area contributed by atoms with Crippen LogP contribution in [-0.2, 0) is 14.3 Å². The third-order valence-electron chi connectivity index (χ3n) is 6.41. The minimum Gasteiger partial charge on any atom is -0.507 e. The second-order valence-electron chi connectivity index (χ2n) is 8.80. The molecule has 8 heteroatoms. The van der Waals surface area contributed by atoms with Crippen molar-refractivity contribution in [2.45, 2.75) is 26.3 Å². The quantitative estimate of drug-likeness (QED) is 0.351. The molecule has 2 aliphatic heterocycles. The van der Waals surface area contributed by atoms with Crippen LogP contribution in [0.15, 0.2) is 48.0 Å². The standard InChI is InChI=1S/C27H31FN2O5/c1-3-14-35-22-9-8-19(17-18(22)2)25(31)23-24(20-6-4-5-7-21(20)28)30(27(33)26(23)32)11-10-29-12-15-34-16-13-29/h4-9,17,24,31H,3,10-16H2,1-2H3/t24-/m1/s1. The number of amides is 1. The van der Waals surface area contributed by atoms with Gasteiger partial charge in [0.1, 0.15) is 17.3 Å². The Balaban J connectivity index is 1.73. The van der Waals surface area contributed by atoms with E-state index in [0.717, 1.165) is 25.1 Å². The number of halogens is 1. The zero-order chi connectivity index (χ0) is 24.9. The normalized spacial score (nSPS) is 20.4. The number of aliphatic hydroxyl groups excluding tert-OH is 1. The fourth-order valence-corrected chi connectivity index (χ4v) is 4.53. The van der Waals surface area contributed by atoms with Crippen LogP contribution >= 0.6 is 0 Å².